The first-order valence-corrected chi connectivity index (χ1v) is 9.23. The van der Waals surface area contributed by atoms with Crippen LogP contribution in [0.1, 0.15) is 26.7 Å². The Labute approximate surface area is 169 Å². The smallest absolute Gasteiger partial charge is 0.334 e. The number of allylic oxidation sites excluding steroid dienone is 1. The van der Waals surface area contributed by atoms with Crippen LogP contribution in [0, 0.1) is 5.92 Å². The largest absolute Gasteiger partial charge is 0.454 e. The quantitative estimate of drug-likeness (QED) is 0.302. The van der Waals surface area contributed by atoms with E-state index in [1.54, 1.807) is 12.2 Å². The third kappa shape index (κ3) is 5.21. The summed E-state index contributed by atoms with van der Waals surface area (Å²) in [6.45, 7) is 9.25. The molecule has 0 aromatic heterocycles. The van der Waals surface area contributed by atoms with Crippen LogP contribution in [0.2, 0.25) is 0 Å². The molecule has 0 spiro atoms. The average Bonchev–Trinajstić information content (AvgIpc) is 2.93. The van der Waals surface area contributed by atoms with E-state index in [4.69, 9.17) is 14.2 Å². The van der Waals surface area contributed by atoms with Crippen molar-refractivity contribution in [3.05, 3.63) is 47.6 Å². The van der Waals surface area contributed by atoms with E-state index in [2.05, 4.69) is 13.2 Å². The van der Waals surface area contributed by atoms with E-state index < -0.39 is 48.7 Å². The summed E-state index contributed by atoms with van der Waals surface area (Å²) in [4.78, 5) is 36.3. The maximum absolute atomic E-state index is 12.3. The number of carbonyl (C=O) groups excluding carboxylic acids is 3. The molecule has 1 fully saturated rings. The number of hydrogen-bond donors (Lipinski definition) is 2. The molecule has 1 heterocycles. The van der Waals surface area contributed by atoms with Gasteiger partial charge < -0.3 is 24.4 Å². The van der Waals surface area contributed by atoms with Crippen molar-refractivity contribution < 1.29 is 38.8 Å². The van der Waals surface area contributed by atoms with Crippen LogP contribution in [0.5, 0.6) is 0 Å². The molecule has 2 N–H and O–H groups in total. The minimum Gasteiger partial charge on any atom is -0.454 e. The number of hydrogen-bond acceptors (Lipinski definition) is 8. The molecule has 0 bridgehead atoms. The Kier molecular flexibility index (Phi) is 7.53. The molecule has 2 rings (SSSR count). The minimum atomic E-state index is -1.19. The van der Waals surface area contributed by atoms with E-state index in [1.807, 2.05) is 0 Å². The van der Waals surface area contributed by atoms with Crippen molar-refractivity contribution in [3.63, 3.8) is 0 Å². The first kappa shape index (κ1) is 22.6. The molecular formula is C21H26O8. The van der Waals surface area contributed by atoms with Crippen molar-refractivity contribution >= 4 is 17.9 Å². The Balaban J connectivity index is 2.63. The second-order valence-corrected chi connectivity index (χ2v) is 7.06. The van der Waals surface area contributed by atoms with Crippen molar-refractivity contribution in [2.75, 3.05) is 13.2 Å². The molecule has 158 valence electrons. The van der Waals surface area contributed by atoms with Crippen LogP contribution in [-0.4, -0.2) is 59.6 Å². The SMILES string of the molecule is C=C(C)C(=O)O[C@H]1[C@H]2C(=C)C(=O)O[C@@H]2/C=C(\CO)CCC=C(CO)[C@@H]1OC(C)=O. The average molecular weight is 406 g/mol. The first-order valence-electron chi connectivity index (χ1n) is 9.23. The molecule has 1 aliphatic heterocycles. The van der Waals surface area contributed by atoms with Gasteiger partial charge in [-0.2, -0.15) is 0 Å². The summed E-state index contributed by atoms with van der Waals surface area (Å²) < 4.78 is 16.4. The molecule has 0 aromatic rings. The normalized spacial score (nSPS) is 29.0. The van der Waals surface area contributed by atoms with E-state index >= 15 is 0 Å². The Bertz CT molecular complexity index is 776. The maximum Gasteiger partial charge on any atom is 0.334 e. The second-order valence-electron chi connectivity index (χ2n) is 7.06. The van der Waals surface area contributed by atoms with Gasteiger partial charge in [-0.3, -0.25) is 4.79 Å². The zero-order chi connectivity index (χ0) is 21.7. The lowest BCUT2D eigenvalue weighted by atomic mass is 9.83. The number of aliphatic hydroxyl groups is 2. The van der Waals surface area contributed by atoms with Gasteiger partial charge in [0.05, 0.1) is 19.1 Å². The van der Waals surface area contributed by atoms with Crippen LogP contribution in [0.25, 0.3) is 0 Å². The zero-order valence-corrected chi connectivity index (χ0v) is 16.6. The van der Waals surface area contributed by atoms with Gasteiger partial charge in [0.25, 0.3) is 0 Å². The highest BCUT2D eigenvalue weighted by molar-refractivity contribution is 5.92. The molecule has 8 heteroatoms. The standard InChI is InChI=1S/C21H26O8/c1-11(2)20(25)29-19-17-12(3)21(26)28-16(17)8-14(9-22)6-5-7-15(10-23)18(19)27-13(4)24/h7-8,16-19,22-23H,1,3,5-6,9-10H2,2,4H3/b14-8-,15-7?/t16-,17+,18+,19+/m1/s1. The number of rotatable bonds is 5. The molecule has 0 saturated carbocycles. The maximum atomic E-state index is 12.3. The van der Waals surface area contributed by atoms with Gasteiger partial charge in [0.2, 0.25) is 0 Å². The Morgan fingerprint density at radius 2 is 1.93 bits per heavy atom. The molecule has 0 aromatic carbocycles. The lowest BCUT2D eigenvalue weighted by molar-refractivity contribution is -0.166. The van der Waals surface area contributed by atoms with Crippen LogP contribution < -0.4 is 0 Å². The van der Waals surface area contributed by atoms with E-state index in [9.17, 15) is 24.6 Å². The van der Waals surface area contributed by atoms with Crippen LogP contribution >= 0.6 is 0 Å². The highest BCUT2D eigenvalue weighted by Gasteiger charge is 2.49. The van der Waals surface area contributed by atoms with Gasteiger partial charge in [-0.15, -0.1) is 0 Å². The van der Waals surface area contributed by atoms with Crippen LogP contribution in [0.4, 0.5) is 0 Å². The first-order chi connectivity index (χ1) is 13.7. The highest BCUT2D eigenvalue weighted by atomic mass is 16.6. The molecule has 4 atom stereocenters. The van der Waals surface area contributed by atoms with Gasteiger partial charge in [-0.25, -0.2) is 9.59 Å². The molecule has 29 heavy (non-hydrogen) atoms. The molecular weight excluding hydrogens is 380 g/mol. The molecule has 2 aliphatic rings. The number of ether oxygens (including phenoxy) is 3. The van der Waals surface area contributed by atoms with Gasteiger partial charge in [0.1, 0.15) is 6.10 Å². The summed E-state index contributed by atoms with van der Waals surface area (Å²) in [5, 5.41) is 19.5. The summed E-state index contributed by atoms with van der Waals surface area (Å²) >= 11 is 0. The number of esters is 3. The Morgan fingerprint density at radius 1 is 1.24 bits per heavy atom. The predicted molar refractivity (Wildman–Crippen MR) is 102 cm³/mol. The third-order valence-corrected chi connectivity index (χ3v) is 4.82. The summed E-state index contributed by atoms with van der Waals surface area (Å²) in [6.07, 6.45) is 0.910. The molecule has 0 radical (unpaired) electrons. The topological polar surface area (TPSA) is 119 Å². The highest BCUT2D eigenvalue weighted by Crippen LogP contribution is 2.37. The Hall–Kier alpha value is -2.71. The van der Waals surface area contributed by atoms with E-state index in [-0.39, 0.29) is 17.8 Å². The number of carbonyl (C=O) groups is 3. The molecule has 0 amide bonds. The Morgan fingerprint density at radius 3 is 2.48 bits per heavy atom. The zero-order valence-electron chi connectivity index (χ0n) is 16.6. The van der Waals surface area contributed by atoms with Crippen LogP contribution in [0.15, 0.2) is 47.6 Å². The van der Waals surface area contributed by atoms with Crippen molar-refractivity contribution in [2.45, 2.75) is 45.0 Å². The molecule has 8 nitrogen and oxygen atoms in total. The summed E-state index contributed by atoms with van der Waals surface area (Å²) in [7, 11) is 0. The van der Waals surface area contributed by atoms with Gasteiger partial charge >= 0.3 is 17.9 Å². The van der Waals surface area contributed by atoms with Crippen molar-refractivity contribution in [1.82, 2.24) is 0 Å². The summed E-state index contributed by atoms with van der Waals surface area (Å²) in [5.74, 6) is -2.97. The van der Waals surface area contributed by atoms with E-state index in [0.717, 1.165) is 0 Å². The third-order valence-electron chi connectivity index (χ3n) is 4.82. The van der Waals surface area contributed by atoms with Crippen LogP contribution in [0.3, 0.4) is 0 Å². The van der Waals surface area contributed by atoms with Gasteiger partial charge in [-0.05, 0) is 37.0 Å². The molecule has 0 unspecified atom stereocenters. The summed E-state index contributed by atoms with van der Waals surface area (Å²) in [5.41, 5.74) is 1.08. The van der Waals surface area contributed by atoms with Gasteiger partial charge in [-0.1, -0.05) is 19.2 Å². The fraction of sp³-hybridized carbons (Fsp3) is 0.476. The second kappa shape index (κ2) is 9.67. The lowest BCUT2D eigenvalue weighted by Gasteiger charge is -2.33. The fourth-order valence-corrected chi connectivity index (χ4v) is 3.37. The number of fused-ring (bicyclic) bond motifs is 1. The monoisotopic (exact) mass is 406 g/mol. The van der Waals surface area contributed by atoms with E-state index in [1.165, 1.54) is 13.8 Å². The van der Waals surface area contributed by atoms with Crippen LogP contribution in [-0.2, 0) is 28.6 Å². The van der Waals surface area contributed by atoms with Gasteiger partial charge in [0, 0.05) is 18.1 Å². The van der Waals surface area contributed by atoms with E-state index in [0.29, 0.717) is 24.0 Å². The van der Waals surface area contributed by atoms with Gasteiger partial charge in [0.15, 0.2) is 12.2 Å². The fourth-order valence-electron chi connectivity index (χ4n) is 3.37. The van der Waals surface area contributed by atoms with Crippen molar-refractivity contribution in [3.8, 4) is 0 Å². The van der Waals surface area contributed by atoms with Crippen molar-refractivity contribution in [2.24, 2.45) is 5.92 Å². The number of aliphatic hydroxyl groups excluding tert-OH is 2. The summed E-state index contributed by atoms with van der Waals surface area (Å²) in [6, 6.07) is 0. The molecule has 1 aliphatic carbocycles. The minimum absolute atomic E-state index is 0.0399. The molecule has 1 saturated heterocycles. The lowest BCUT2D eigenvalue weighted by Crippen LogP contribution is -2.45. The predicted octanol–water partition coefficient (Wildman–Crippen LogP) is 1.13. The van der Waals surface area contributed by atoms with Crippen molar-refractivity contribution in [1.29, 1.82) is 0 Å².